The van der Waals surface area contributed by atoms with Gasteiger partial charge in [0.1, 0.15) is 0 Å². The van der Waals surface area contributed by atoms with Gasteiger partial charge in [-0.15, -0.1) is 0 Å². The molecule has 1 aliphatic carbocycles. The maximum Gasteiger partial charge on any atom is 0.317 e. The van der Waals surface area contributed by atoms with E-state index in [0.717, 1.165) is 30.9 Å². The van der Waals surface area contributed by atoms with Crippen LogP contribution in [0.5, 0.6) is 0 Å². The molecule has 128 valence electrons. The molecule has 0 bridgehead atoms. The van der Waals surface area contributed by atoms with Crippen molar-refractivity contribution in [3.8, 4) is 0 Å². The molecule has 1 saturated carbocycles. The van der Waals surface area contributed by atoms with E-state index in [4.69, 9.17) is 0 Å². The van der Waals surface area contributed by atoms with Crippen LogP contribution in [0.2, 0.25) is 0 Å². The van der Waals surface area contributed by atoms with Crippen LogP contribution in [0.15, 0.2) is 24.3 Å². The quantitative estimate of drug-likeness (QED) is 0.902. The van der Waals surface area contributed by atoms with Crippen molar-refractivity contribution < 1.29 is 4.79 Å². The van der Waals surface area contributed by atoms with Crippen molar-refractivity contribution in [3.05, 3.63) is 35.4 Å². The summed E-state index contributed by atoms with van der Waals surface area (Å²) in [5.41, 5.74) is 2.44. The number of urea groups is 1. The van der Waals surface area contributed by atoms with Gasteiger partial charge in [0, 0.05) is 26.2 Å². The molecule has 0 atom stereocenters. The van der Waals surface area contributed by atoms with Crippen LogP contribution in [-0.2, 0) is 13.1 Å². The zero-order valence-corrected chi connectivity index (χ0v) is 15.0. The molecule has 1 aliphatic rings. The first kappa shape index (κ1) is 17.8. The topological polar surface area (TPSA) is 35.6 Å². The van der Waals surface area contributed by atoms with Gasteiger partial charge in [-0.25, -0.2) is 4.79 Å². The van der Waals surface area contributed by atoms with Gasteiger partial charge < -0.3 is 15.1 Å². The van der Waals surface area contributed by atoms with E-state index in [0.29, 0.717) is 12.6 Å². The Hall–Kier alpha value is -1.55. The van der Waals surface area contributed by atoms with Crippen LogP contribution >= 0.6 is 0 Å². The summed E-state index contributed by atoms with van der Waals surface area (Å²) in [5.74, 6) is 0.809. The fourth-order valence-corrected chi connectivity index (χ4v) is 3.23. The van der Waals surface area contributed by atoms with Gasteiger partial charge in [0.05, 0.1) is 0 Å². The maximum absolute atomic E-state index is 12.3. The van der Waals surface area contributed by atoms with Gasteiger partial charge in [0.2, 0.25) is 0 Å². The number of carbonyl (C=O) groups excluding carboxylic acids is 1. The second-order valence-corrected chi connectivity index (χ2v) is 7.24. The Labute approximate surface area is 140 Å². The molecule has 1 fully saturated rings. The molecule has 0 saturated heterocycles. The van der Waals surface area contributed by atoms with E-state index in [-0.39, 0.29) is 6.03 Å². The van der Waals surface area contributed by atoms with Gasteiger partial charge in [0.15, 0.2) is 0 Å². The van der Waals surface area contributed by atoms with E-state index in [1.807, 2.05) is 11.9 Å². The second kappa shape index (κ2) is 8.34. The molecule has 1 aromatic carbocycles. The van der Waals surface area contributed by atoms with E-state index in [2.05, 4.69) is 55.5 Å². The smallest absolute Gasteiger partial charge is 0.317 e. The molecule has 4 heteroatoms. The minimum atomic E-state index is 0.0434. The molecule has 0 aliphatic heterocycles. The fraction of sp³-hybridized carbons (Fsp3) is 0.632. The first-order valence-corrected chi connectivity index (χ1v) is 8.69. The first-order valence-electron chi connectivity index (χ1n) is 8.69. The average molecular weight is 317 g/mol. The van der Waals surface area contributed by atoms with Crippen LogP contribution in [0.3, 0.4) is 0 Å². The number of hydrogen-bond donors (Lipinski definition) is 1. The Balaban J connectivity index is 1.79. The lowest BCUT2D eigenvalue weighted by molar-refractivity contribution is 0.163. The summed E-state index contributed by atoms with van der Waals surface area (Å²) in [4.78, 5) is 16.4. The lowest BCUT2D eigenvalue weighted by Crippen LogP contribution is -2.44. The number of rotatable bonds is 5. The highest BCUT2D eigenvalue weighted by Gasteiger charge is 2.24. The van der Waals surface area contributed by atoms with Crippen molar-refractivity contribution in [2.75, 3.05) is 21.1 Å². The Bertz CT molecular complexity index is 490. The minimum Gasteiger partial charge on any atom is -0.334 e. The average Bonchev–Trinajstić information content (AvgIpc) is 2.53. The zero-order chi connectivity index (χ0) is 16.8. The Morgan fingerprint density at radius 2 is 1.61 bits per heavy atom. The first-order chi connectivity index (χ1) is 11.0. The van der Waals surface area contributed by atoms with Crippen molar-refractivity contribution in [3.63, 3.8) is 0 Å². The van der Waals surface area contributed by atoms with E-state index in [1.54, 1.807) is 0 Å². The summed E-state index contributed by atoms with van der Waals surface area (Å²) in [5, 5.41) is 3.04. The number of nitrogens with zero attached hydrogens (tertiary/aromatic N) is 2. The normalized spacial score (nSPS) is 21.3. The molecule has 23 heavy (non-hydrogen) atoms. The lowest BCUT2D eigenvalue weighted by Gasteiger charge is -2.33. The van der Waals surface area contributed by atoms with Gasteiger partial charge in [-0.05, 0) is 56.8 Å². The molecular weight excluding hydrogens is 286 g/mol. The predicted octanol–water partition coefficient (Wildman–Crippen LogP) is 3.47. The number of nitrogens with one attached hydrogen (secondary N) is 1. The van der Waals surface area contributed by atoms with E-state index in [9.17, 15) is 4.79 Å². The standard InChI is InChI=1S/C19H31N3O/c1-15-5-11-18(12-6-15)22(4)19(23)20-13-16-7-9-17(10-8-16)14-21(2)3/h7-10,15,18H,5-6,11-14H2,1-4H3,(H,20,23). The minimum absolute atomic E-state index is 0.0434. The second-order valence-electron chi connectivity index (χ2n) is 7.24. The summed E-state index contributed by atoms with van der Waals surface area (Å²) < 4.78 is 0. The Morgan fingerprint density at radius 1 is 1.04 bits per heavy atom. The molecule has 4 nitrogen and oxygen atoms in total. The predicted molar refractivity (Wildman–Crippen MR) is 95.3 cm³/mol. The van der Waals surface area contributed by atoms with Crippen LogP contribution in [0.25, 0.3) is 0 Å². The van der Waals surface area contributed by atoms with Crippen LogP contribution in [0.4, 0.5) is 4.79 Å². The van der Waals surface area contributed by atoms with Gasteiger partial charge in [-0.1, -0.05) is 31.2 Å². The van der Waals surface area contributed by atoms with Crippen molar-refractivity contribution in [2.45, 2.75) is 51.7 Å². The number of amides is 2. The molecule has 1 aromatic rings. The molecular formula is C19H31N3O. The zero-order valence-electron chi connectivity index (χ0n) is 15.0. The monoisotopic (exact) mass is 317 g/mol. The lowest BCUT2D eigenvalue weighted by atomic mass is 9.87. The van der Waals surface area contributed by atoms with Crippen LogP contribution < -0.4 is 5.32 Å². The summed E-state index contributed by atoms with van der Waals surface area (Å²) in [6.45, 7) is 3.83. The summed E-state index contributed by atoms with van der Waals surface area (Å²) in [6.07, 6.45) is 4.72. The molecule has 0 heterocycles. The van der Waals surface area contributed by atoms with Crippen LogP contribution in [-0.4, -0.2) is 43.0 Å². The SMILES string of the molecule is CC1CCC(N(C)C(=O)NCc2ccc(CN(C)C)cc2)CC1. The Kier molecular flexibility index (Phi) is 6.46. The summed E-state index contributed by atoms with van der Waals surface area (Å²) >= 11 is 0. The van der Waals surface area contributed by atoms with Gasteiger partial charge in [-0.2, -0.15) is 0 Å². The van der Waals surface area contributed by atoms with Crippen molar-refractivity contribution in [2.24, 2.45) is 5.92 Å². The Morgan fingerprint density at radius 3 is 2.17 bits per heavy atom. The molecule has 0 unspecified atom stereocenters. The molecule has 1 N–H and O–H groups in total. The van der Waals surface area contributed by atoms with E-state index >= 15 is 0 Å². The fourth-order valence-electron chi connectivity index (χ4n) is 3.23. The third kappa shape index (κ3) is 5.54. The molecule has 2 rings (SSSR count). The largest absolute Gasteiger partial charge is 0.334 e. The van der Waals surface area contributed by atoms with Crippen LogP contribution in [0, 0.1) is 5.92 Å². The third-order valence-corrected chi connectivity index (χ3v) is 4.82. The van der Waals surface area contributed by atoms with E-state index in [1.165, 1.54) is 18.4 Å². The molecule has 0 radical (unpaired) electrons. The van der Waals surface area contributed by atoms with Gasteiger partial charge in [-0.3, -0.25) is 0 Å². The highest BCUT2D eigenvalue weighted by molar-refractivity contribution is 5.74. The molecule has 0 spiro atoms. The number of benzene rings is 1. The maximum atomic E-state index is 12.3. The van der Waals surface area contributed by atoms with Crippen LogP contribution in [0.1, 0.15) is 43.7 Å². The van der Waals surface area contributed by atoms with E-state index < -0.39 is 0 Å². The molecule has 2 amide bonds. The van der Waals surface area contributed by atoms with Gasteiger partial charge >= 0.3 is 6.03 Å². The van der Waals surface area contributed by atoms with Crippen molar-refractivity contribution in [1.29, 1.82) is 0 Å². The third-order valence-electron chi connectivity index (χ3n) is 4.82. The highest BCUT2D eigenvalue weighted by Crippen LogP contribution is 2.26. The van der Waals surface area contributed by atoms with Crippen molar-refractivity contribution >= 4 is 6.03 Å². The summed E-state index contributed by atoms with van der Waals surface area (Å²) in [7, 11) is 6.06. The van der Waals surface area contributed by atoms with Crippen molar-refractivity contribution in [1.82, 2.24) is 15.1 Å². The summed E-state index contributed by atoms with van der Waals surface area (Å²) in [6, 6.07) is 8.90. The molecule has 0 aromatic heterocycles. The number of carbonyl (C=O) groups is 1. The van der Waals surface area contributed by atoms with Gasteiger partial charge in [0.25, 0.3) is 0 Å². The number of hydrogen-bond acceptors (Lipinski definition) is 2. The highest BCUT2D eigenvalue weighted by atomic mass is 16.2.